The highest BCUT2D eigenvalue weighted by Gasteiger charge is 2.21. The minimum absolute atomic E-state index is 0.0546. The van der Waals surface area contributed by atoms with Gasteiger partial charge in [0, 0.05) is 24.3 Å². The van der Waals surface area contributed by atoms with Crippen LogP contribution in [0.25, 0.3) is 0 Å². The predicted molar refractivity (Wildman–Crippen MR) is 109 cm³/mol. The fraction of sp³-hybridized carbons (Fsp3) is 0.364. The summed E-state index contributed by atoms with van der Waals surface area (Å²) in [6.07, 6.45) is 1.27. The summed E-state index contributed by atoms with van der Waals surface area (Å²) in [5, 5.41) is 12.4. The molecule has 0 aliphatic carbocycles. The third-order valence-corrected chi connectivity index (χ3v) is 5.03. The van der Waals surface area contributed by atoms with Gasteiger partial charge in [-0.1, -0.05) is 12.1 Å². The average Bonchev–Trinajstić information content (AvgIpc) is 2.75. The number of piperidine rings is 1. The highest BCUT2D eigenvalue weighted by atomic mass is 16.5. The number of likely N-dealkylation sites (tertiary alicyclic amines) is 1. The highest BCUT2D eigenvalue weighted by molar-refractivity contribution is 6.04. The lowest BCUT2D eigenvalue weighted by atomic mass is 10.1. The second-order valence-corrected chi connectivity index (χ2v) is 7.01. The number of carbonyl (C=O) groups excluding carboxylic acids is 2. The van der Waals surface area contributed by atoms with Gasteiger partial charge in [0.2, 0.25) is 5.91 Å². The number of methoxy groups -OCH3 is 2. The topological polar surface area (TPSA) is 88.1 Å². The summed E-state index contributed by atoms with van der Waals surface area (Å²) in [5.74, 6) is 0.834. The largest absolute Gasteiger partial charge is 0.493 e. The van der Waals surface area contributed by atoms with Gasteiger partial charge in [-0.25, -0.2) is 0 Å². The van der Waals surface area contributed by atoms with Crippen molar-refractivity contribution in [2.45, 2.75) is 25.4 Å². The summed E-state index contributed by atoms with van der Waals surface area (Å²) in [6.45, 7) is 1.19. The lowest BCUT2D eigenvalue weighted by Crippen LogP contribution is -2.40. The van der Waals surface area contributed by atoms with Crippen molar-refractivity contribution in [1.82, 2.24) is 4.90 Å². The van der Waals surface area contributed by atoms with E-state index in [2.05, 4.69) is 5.32 Å². The lowest BCUT2D eigenvalue weighted by Gasteiger charge is -2.29. The van der Waals surface area contributed by atoms with Crippen LogP contribution in [0.4, 0.5) is 5.69 Å². The predicted octanol–water partition coefficient (Wildman–Crippen LogP) is 2.48. The summed E-state index contributed by atoms with van der Waals surface area (Å²) < 4.78 is 10.4. The minimum Gasteiger partial charge on any atom is -0.493 e. The molecule has 2 N–H and O–H groups in total. The molecule has 0 spiro atoms. The van der Waals surface area contributed by atoms with Gasteiger partial charge in [0.1, 0.15) is 0 Å². The van der Waals surface area contributed by atoms with Gasteiger partial charge in [-0.2, -0.15) is 0 Å². The standard InChI is InChI=1S/C22H26N2O5/c1-28-19-8-5-16(14-20(19)29-2)22(27)23-17-6-3-15(4-7-17)13-21(26)24-11-9-18(25)10-12-24/h3-8,14,18,25H,9-13H2,1-2H3,(H,23,27). The molecule has 0 bridgehead atoms. The normalized spacial score (nSPS) is 14.4. The van der Waals surface area contributed by atoms with E-state index < -0.39 is 0 Å². The zero-order valence-corrected chi connectivity index (χ0v) is 16.7. The first-order valence-corrected chi connectivity index (χ1v) is 9.58. The van der Waals surface area contributed by atoms with Crippen LogP contribution in [0.3, 0.4) is 0 Å². The Labute approximate surface area is 170 Å². The van der Waals surface area contributed by atoms with Crippen LogP contribution in [-0.2, 0) is 11.2 Å². The third-order valence-electron chi connectivity index (χ3n) is 5.03. The monoisotopic (exact) mass is 398 g/mol. The Bertz CT molecular complexity index is 858. The summed E-state index contributed by atoms with van der Waals surface area (Å²) in [6, 6.07) is 12.2. The molecule has 7 heteroatoms. The Morgan fingerprint density at radius 3 is 2.31 bits per heavy atom. The van der Waals surface area contributed by atoms with Crippen molar-refractivity contribution in [3.8, 4) is 11.5 Å². The number of aliphatic hydroxyl groups is 1. The van der Waals surface area contributed by atoms with Crippen LogP contribution in [0, 0.1) is 0 Å². The quantitative estimate of drug-likeness (QED) is 0.781. The molecule has 7 nitrogen and oxygen atoms in total. The Morgan fingerprint density at radius 2 is 1.69 bits per heavy atom. The summed E-state index contributed by atoms with van der Waals surface area (Å²) in [5.41, 5.74) is 1.97. The molecule has 0 unspecified atom stereocenters. The Hall–Kier alpha value is -3.06. The molecule has 0 atom stereocenters. The van der Waals surface area contributed by atoms with Crippen molar-refractivity contribution in [3.05, 3.63) is 53.6 Å². The zero-order chi connectivity index (χ0) is 20.8. The molecular formula is C22H26N2O5. The number of benzene rings is 2. The number of amides is 2. The fourth-order valence-electron chi connectivity index (χ4n) is 3.29. The molecule has 0 radical (unpaired) electrons. The molecular weight excluding hydrogens is 372 g/mol. The molecule has 2 amide bonds. The van der Waals surface area contributed by atoms with Crippen LogP contribution in [0.5, 0.6) is 11.5 Å². The smallest absolute Gasteiger partial charge is 0.255 e. The van der Waals surface area contributed by atoms with Crippen LogP contribution in [0.15, 0.2) is 42.5 Å². The molecule has 154 valence electrons. The number of ether oxygens (including phenoxy) is 2. The van der Waals surface area contributed by atoms with E-state index in [0.29, 0.717) is 55.1 Å². The van der Waals surface area contributed by atoms with Crippen molar-refractivity contribution in [3.63, 3.8) is 0 Å². The van der Waals surface area contributed by atoms with E-state index in [0.717, 1.165) is 5.56 Å². The second kappa shape index (κ2) is 9.43. The molecule has 1 heterocycles. The number of hydrogen-bond acceptors (Lipinski definition) is 5. The maximum Gasteiger partial charge on any atom is 0.255 e. The van der Waals surface area contributed by atoms with Crippen molar-refractivity contribution in [1.29, 1.82) is 0 Å². The second-order valence-electron chi connectivity index (χ2n) is 7.01. The summed E-state index contributed by atoms with van der Waals surface area (Å²) in [4.78, 5) is 26.7. The van der Waals surface area contributed by atoms with Gasteiger partial charge < -0.3 is 24.8 Å². The first-order valence-electron chi connectivity index (χ1n) is 9.58. The fourth-order valence-corrected chi connectivity index (χ4v) is 3.29. The van der Waals surface area contributed by atoms with Gasteiger partial charge >= 0.3 is 0 Å². The van der Waals surface area contributed by atoms with Crippen LogP contribution in [0.1, 0.15) is 28.8 Å². The first-order chi connectivity index (χ1) is 14.0. The molecule has 29 heavy (non-hydrogen) atoms. The molecule has 0 saturated carbocycles. The number of anilines is 1. The van der Waals surface area contributed by atoms with Crippen LogP contribution >= 0.6 is 0 Å². The zero-order valence-electron chi connectivity index (χ0n) is 16.7. The Morgan fingerprint density at radius 1 is 1.03 bits per heavy atom. The number of hydrogen-bond donors (Lipinski definition) is 2. The van der Waals surface area contributed by atoms with Crippen LogP contribution in [-0.4, -0.2) is 55.2 Å². The lowest BCUT2D eigenvalue weighted by molar-refractivity contribution is -0.132. The van der Waals surface area contributed by atoms with Gasteiger partial charge in [-0.15, -0.1) is 0 Å². The van der Waals surface area contributed by atoms with Gasteiger partial charge in [0.15, 0.2) is 11.5 Å². The number of nitrogens with one attached hydrogen (secondary N) is 1. The van der Waals surface area contributed by atoms with E-state index in [1.54, 1.807) is 42.3 Å². The van der Waals surface area contributed by atoms with Gasteiger partial charge in [0.05, 0.1) is 26.7 Å². The van der Waals surface area contributed by atoms with Crippen LogP contribution in [0.2, 0.25) is 0 Å². The van der Waals surface area contributed by atoms with Crippen molar-refractivity contribution < 1.29 is 24.2 Å². The molecule has 0 aromatic heterocycles. The van der Waals surface area contributed by atoms with Crippen LogP contribution < -0.4 is 14.8 Å². The summed E-state index contributed by atoms with van der Waals surface area (Å²) in [7, 11) is 3.06. The van der Waals surface area contributed by atoms with Gasteiger partial charge in [-0.3, -0.25) is 9.59 Å². The molecule has 2 aromatic rings. The number of aliphatic hydroxyl groups excluding tert-OH is 1. The maximum absolute atomic E-state index is 12.5. The van der Waals surface area contributed by atoms with Gasteiger partial charge in [-0.05, 0) is 48.7 Å². The molecule has 2 aromatic carbocycles. The van der Waals surface area contributed by atoms with E-state index in [9.17, 15) is 14.7 Å². The number of nitrogens with zero attached hydrogens (tertiary/aromatic N) is 1. The number of carbonyl (C=O) groups is 2. The molecule has 1 saturated heterocycles. The molecule has 1 aliphatic rings. The van der Waals surface area contributed by atoms with E-state index in [4.69, 9.17) is 9.47 Å². The van der Waals surface area contributed by atoms with Crippen molar-refractivity contribution >= 4 is 17.5 Å². The van der Waals surface area contributed by atoms with Crippen molar-refractivity contribution in [2.24, 2.45) is 0 Å². The van der Waals surface area contributed by atoms with E-state index in [-0.39, 0.29) is 17.9 Å². The highest BCUT2D eigenvalue weighted by Crippen LogP contribution is 2.28. The van der Waals surface area contributed by atoms with E-state index >= 15 is 0 Å². The van der Waals surface area contributed by atoms with Crippen molar-refractivity contribution in [2.75, 3.05) is 32.6 Å². The molecule has 3 rings (SSSR count). The molecule has 1 aliphatic heterocycles. The first kappa shape index (κ1) is 20.7. The average molecular weight is 398 g/mol. The Kier molecular flexibility index (Phi) is 6.72. The minimum atomic E-state index is -0.299. The Balaban J connectivity index is 1.59. The third kappa shape index (κ3) is 5.26. The maximum atomic E-state index is 12.5. The SMILES string of the molecule is COc1ccc(C(=O)Nc2ccc(CC(=O)N3CCC(O)CC3)cc2)cc1OC. The van der Waals surface area contributed by atoms with Gasteiger partial charge in [0.25, 0.3) is 5.91 Å². The van der Waals surface area contributed by atoms with E-state index in [1.165, 1.54) is 7.11 Å². The molecule has 1 fully saturated rings. The number of rotatable bonds is 6. The summed E-state index contributed by atoms with van der Waals surface area (Å²) >= 11 is 0. The van der Waals surface area contributed by atoms with E-state index in [1.807, 2.05) is 12.1 Å².